The van der Waals surface area contributed by atoms with Crippen molar-refractivity contribution in [2.45, 2.75) is 25.7 Å². The number of hydrogen-bond acceptors (Lipinski definition) is 7. The Balaban J connectivity index is 2.25. The van der Waals surface area contributed by atoms with Gasteiger partial charge in [-0.05, 0) is 24.1 Å². The van der Waals surface area contributed by atoms with Crippen LogP contribution in [0.5, 0.6) is 5.75 Å². The fourth-order valence-electron chi connectivity index (χ4n) is 3.60. The molecule has 0 spiro atoms. The highest BCUT2D eigenvalue weighted by Gasteiger charge is 2.31. The lowest BCUT2D eigenvalue weighted by Gasteiger charge is -2.27. The van der Waals surface area contributed by atoms with Gasteiger partial charge in [0.1, 0.15) is 11.6 Å². The molecule has 0 N–H and O–H groups in total. The number of aryl methyl sites for hydroxylation is 1. The molecule has 0 radical (unpaired) electrons. The average molecular weight is 443 g/mol. The van der Waals surface area contributed by atoms with Crippen molar-refractivity contribution >= 4 is 17.6 Å². The summed E-state index contributed by atoms with van der Waals surface area (Å²) in [7, 11) is 4.12. The first-order chi connectivity index (χ1) is 14.8. The Kier molecular flexibility index (Phi) is 6.70. The summed E-state index contributed by atoms with van der Waals surface area (Å²) in [5.74, 6) is -0.618. The van der Waals surface area contributed by atoms with E-state index in [0.717, 1.165) is 11.1 Å². The molecule has 162 valence electrons. The van der Waals surface area contributed by atoms with E-state index in [4.69, 9.17) is 21.1 Å². The Morgan fingerprint density at radius 1 is 1.16 bits per heavy atom. The molecule has 0 saturated heterocycles. The maximum atomic E-state index is 12.9. The van der Waals surface area contributed by atoms with Crippen molar-refractivity contribution in [1.29, 1.82) is 0 Å². The first kappa shape index (κ1) is 22.4. The van der Waals surface area contributed by atoms with Crippen LogP contribution in [0.3, 0.4) is 0 Å². The zero-order valence-electron chi connectivity index (χ0n) is 17.9. The van der Waals surface area contributed by atoms with Crippen LogP contribution in [-0.4, -0.2) is 39.7 Å². The van der Waals surface area contributed by atoms with E-state index in [9.17, 15) is 9.59 Å². The third-order valence-corrected chi connectivity index (χ3v) is 5.52. The largest absolute Gasteiger partial charge is 0.489 e. The van der Waals surface area contributed by atoms with E-state index in [0.29, 0.717) is 16.7 Å². The molecule has 2 heterocycles. The molecular formula is C22H23ClN4O4. The third-order valence-electron chi connectivity index (χ3n) is 5.17. The molecule has 0 saturated carbocycles. The molecule has 3 aromatic rings. The molecule has 0 aliphatic heterocycles. The van der Waals surface area contributed by atoms with Crippen LogP contribution in [0, 0.1) is 6.92 Å². The normalized spacial score (nSPS) is 12.8. The van der Waals surface area contributed by atoms with E-state index in [-0.39, 0.29) is 23.3 Å². The van der Waals surface area contributed by atoms with Gasteiger partial charge in [-0.3, -0.25) is 9.36 Å². The Labute approximate surface area is 184 Å². The molecule has 8 nitrogen and oxygen atoms in total. The zero-order valence-corrected chi connectivity index (χ0v) is 18.7. The predicted molar refractivity (Wildman–Crippen MR) is 116 cm³/mol. The van der Waals surface area contributed by atoms with Crippen LogP contribution < -0.4 is 10.3 Å². The lowest BCUT2D eigenvalue weighted by atomic mass is 9.82. The summed E-state index contributed by atoms with van der Waals surface area (Å²) in [6.07, 6.45) is 3.46. The fourth-order valence-corrected chi connectivity index (χ4v) is 3.85. The first-order valence-electron chi connectivity index (χ1n) is 9.56. The maximum absolute atomic E-state index is 12.9. The van der Waals surface area contributed by atoms with Gasteiger partial charge in [0.2, 0.25) is 5.75 Å². The molecule has 2 atom stereocenters. The molecule has 0 bridgehead atoms. The van der Waals surface area contributed by atoms with Gasteiger partial charge in [0.15, 0.2) is 5.69 Å². The van der Waals surface area contributed by atoms with Crippen molar-refractivity contribution in [1.82, 2.24) is 19.5 Å². The highest BCUT2D eigenvalue weighted by atomic mass is 35.5. The number of ether oxygens (including phenoxy) is 2. The summed E-state index contributed by atoms with van der Waals surface area (Å²) >= 11 is 6.53. The molecule has 2 unspecified atom stereocenters. The SMILES string of the molecule is COC(=O)c1nc(C(C)C(c2cnc(C)nc2)c2ccccc2Cl)n(C)c(=O)c1OC. The van der Waals surface area contributed by atoms with Crippen LogP contribution in [0.15, 0.2) is 41.5 Å². The lowest BCUT2D eigenvalue weighted by molar-refractivity contribution is 0.0588. The van der Waals surface area contributed by atoms with Crippen molar-refractivity contribution in [2.75, 3.05) is 14.2 Å². The zero-order chi connectivity index (χ0) is 22.7. The molecule has 0 aliphatic carbocycles. The number of methoxy groups -OCH3 is 2. The average Bonchev–Trinajstić information content (AvgIpc) is 2.77. The van der Waals surface area contributed by atoms with Gasteiger partial charge in [0, 0.05) is 36.3 Å². The Hall–Kier alpha value is -3.26. The molecule has 31 heavy (non-hydrogen) atoms. The summed E-state index contributed by atoms with van der Waals surface area (Å²) in [6.45, 7) is 3.71. The minimum absolute atomic E-state index is 0.168. The second-order valence-corrected chi connectivity index (χ2v) is 7.47. The van der Waals surface area contributed by atoms with Gasteiger partial charge in [-0.2, -0.15) is 0 Å². The van der Waals surface area contributed by atoms with Crippen molar-refractivity contribution < 1.29 is 14.3 Å². The second kappa shape index (κ2) is 9.26. The molecule has 0 amide bonds. The number of nitrogens with zero attached hydrogens (tertiary/aromatic N) is 4. The summed E-state index contributed by atoms with van der Waals surface area (Å²) in [4.78, 5) is 38.3. The second-order valence-electron chi connectivity index (χ2n) is 7.06. The Bertz CT molecular complexity index is 1160. The number of carbonyl (C=O) groups excluding carboxylic acids is 1. The topological polar surface area (TPSA) is 96.2 Å². The van der Waals surface area contributed by atoms with E-state index >= 15 is 0 Å². The summed E-state index contributed by atoms with van der Waals surface area (Å²) in [5.41, 5.74) is 0.968. The van der Waals surface area contributed by atoms with Crippen LogP contribution >= 0.6 is 11.6 Å². The minimum Gasteiger partial charge on any atom is -0.489 e. The van der Waals surface area contributed by atoms with Crippen LogP contribution in [-0.2, 0) is 11.8 Å². The van der Waals surface area contributed by atoms with Gasteiger partial charge in [0.05, 0.1) is 14.2 Å². The van der Waals surface area contributed by atoms with Gasteiger partial charge in [-0.1, -0.05) is 36.7 Å². The van der Waals surface area contributed by atoms with Crippen LogP contribution in [0.25, 0.3) is 0 Å². The molecule has 0 aliphatic rings. The number of benzene rings is 1. The molecule has 1 aromatic carbocycles. The van der Waals surface area contributed by atoms with Crippen molar-refractivity contribution in [3.05, 3.63) is 80.5 Å². The highest BCUT2D eigenvalue weighted by molar-refractivity contribution is 6.31. The minimum atomic E-state index is -0.754. The van der Waals surface area contributed by atoms with Crippen molar-refractivity contribution in [3.8, 4) is 5.75 Å². The van der Waals surface area contributed by atoms with E-state index in [1.54, 1.807) is 32.4 Å². The van der Waals surface area contributed by atoms with E-state index < -0.39 is 11.5 Å². The van der Waals surface area contributed by atoms with Crippen LogP contribution in [0.1, 0.15) is 52.0 Å². The maximum Gasteiger partial charge on any atom is 0.360 e. The third kappa shape index (κ3) is 4.29. The van der Waals surface area contributed by atoms with Gasteiger partial charge < -0.3 is 9.47 Å². The van der Waals surface area contributed by atoms with E-state index in [1.165, 1.54) is 18.8 Å². The van der Waals surface area contributed by atoms with E-state index in [1.807, 2.05) is 25.1 Å². The van der Waals surface area contributed by atoms with Crippen molar-refractivity contribution in [3.63, 3.8) is 0 Å². The first-order valence-corrected chi connectivity index (χ1v) is 9.94. The van der Waals surface area contributed by atoms with Crippen LogP contribution in [0.4, 0.5) is 0 Å². The molecule has 2 aromatic heterocycles. The number of halogens is 1. The molecule has 3 rings (SSSR count). The Morgan fingerprint density at radius 3 is 2.39 bits per heavy atom. The standard InChI is InChI=1S/C22H23ClN4O4/c1-12(20-26-18(22(29)31-5)19(30-4)21(28)27(20)3)17(14-10-24-13(2)25-11-14)15-8-6-7-9-16(15)23/h6-12,17H,1-5H3. The van der Waals surface area contributed by atoms with E-state index in [2.05, 4.69) is 15.0 Å². The lowest BCUT2D eigenvalue weighted by Crippen LogP contribution is -2.30. The number of esters is 1. The van der Waals surface area contributed by atoms with Crippen molar-refractivity contribution in [2.24, 2.45) is 7.05 Å². The van der Waals surface area contributed by atoms with Gasteiger partial charge >= 0.3 is 5.97 Å². The van der Waals surface area contributed by atoms with Crippen LogP contribution in [0.2, 0.25) is 5.02 Å². The summed E-state index contributed by atoms with van der Waals surface area (Å²) in [6, 6.07) is 7.44. The monoisotopic (exact) mass is 442 g/mol. The van der Waals surface area contributed by atoms with Gasteiger partial charge in [-0.25, -0.2) is 19.7 Å². The summed E-state index contributed by atoms with van der Waals surface area (Å²) in [5, 5.41) is 0.562. The molecule has 9 heteroatoms. The highest BCUT2D eigenvalue weighted by Crippen LogP contribution is 2.40. The van der Waals surface area contributed by atoms with Gasteiger partial charge in [0.25, 0.3) is 5.56 Å². The molecule has 0 fully saturated rings. The smallest absolute Gasteiger partial charge is 0.360 e. The number of aromatic nitrogens is 4. The molecular weight excluding hydrogens is 420 g/mol. The predicted octanol–water partition coefficient (Wildman–Crippen LogP) is 3.26. The Morgan fingerprint density at radius 2 is 1.81 bits per heavy atom. The summed E-state index contributed by atoms with van der Waals surface area (Å²) < 4.78 is 11.3. The number of hydrogen-bond donors (Lipinski definition) is 0. The number of carbonyl (C=O) groups is 1. The fraction of sp³-hybridized carbons (Fsp3) is 0.318. The number of rotatable bonds is 6. The quantitative estimate of drug-likeness (QED) is 0.540. The van der Waals surface area contributed by atoms with Gasteiger partial charge in [-0.15, -0.1) is 0 Å².